The molecule has 1 unspecified atom stereocenters. The van der Waals surface area contributed by atoms with Gasteiger partial charge in [-0.2, -0.15) is 0 Å². The van der Waals surface area contributed by atoms with Crippen molar-refractivity contribution in [2.45, 2.75) is 11.3 Å². The van der Waals surface area contributed by atoms with E-state index in [-0.39, 0.29) is 17.2 Å². The zero-order valence-corrected chi connectivity index (χ0v) is 11.1. The standard InChI is InChI=1S/C10H15NO4S2/c1-16(13)8-2-7-11-17(14,15)10-5-3-9(12)4-6-10/h3-6,11-12H,2,7-8H2,1H3. The van der Waals surface area contributed by atoms with E-state index in [4.69, 9.17) is 5.11 Å². The summed E-state index contributed by atoms with van der Waals surface area (Å²) in [7, 11) is -4.44. The molecule has 2 N–H and O–H groups in total. The molecule has 5 nitrogen and oxygen atoms in total. The van der Waals surface area contributed by atoms with Gasteiger partial charge in [0.05, 0.1) is 4.90 Å². The van der Waals surface area contributed by atoms with Crippen LogP contribution in [0.15, 0.2) is 29.2 Å². The third-order valence-electron chi connectivity index (χ3n) is 2.05. The van der Waals surface area contributed by atoms with Gasteiger partial charge in [-0.1, -0.05) is 0 Å². The van der Waals surface area contributed by atoms with E-state index in [1.165, 1.54) is 24.3 Å². The van der Waals surface area contributed by atoms with Gasteiger partial charge in [0.15, 0.2) is 0 Å². The van der Waals surface area contributed by atoms with E-state index in [0.717, 1.165) is 0 Å². The highest BCUT2D eigenvalue weighted by Crippen LogP contribution is 2.13. The summed E-state index contributed by atoms with van der Waals surface area (Å²) in [6.45, 7) is 0.253. The summed E-state index contributed by atoms with van der Waals surface area (Å²) in [6, 6.07) is 5.29. The van der Waals surface area contributed by atoms with Crippen molar-refractivity contribution in [1.82, 2.24) is 4.72 Å². The molecule has 17 heavy (non-hydrogen) atoms. The zero-order chi connectivity index (χ0) is 12.9. The summed E-state index contributed by atoms with van der Waals surface area (Å²) in [6.07, 6.45) is 2.11. The van der Waals surface area contributed by atoms with Crippen molar-refractivity contribution in [3.63, 3.8) is 0 Å². The number of hydrogen-bond donors (Lipinski definition) is 2. The Morgan fingerprint density at radius 3 is 2.41 bits per heavy atom. The first kappa shape index (κ1) is 14.1. The molecule has 1 aromatic carbocycles. The minimum absolute atomic E-state index is 0.0188. The van der Waals surface area contributed by atoms with E-state index < -0.39 is 20.8 Å². The second-order valence-corrected chi connectivity index (χ2v) is 6.84. The molecule has 1 rings (SSSR count). The largest absolute Gasteiger partial charge is 0.508 e. The van der Waals surface area contributed by atoms with Gasteiger partial charge in [0, 0.05) is 29.4 Å². The van der Waals surface area contributed by atoms with Crippen LogP contribution in [0.3, 0.4) is 0 Å². The van der Waals surface area contributed by atoms with Crippen LogP contribution in [0.5, 0.6) is 5.75 Å². The molecule has 0 bridgehead atoms. The summed E-state index contributed by atoms with van der Waals surface area (Å²) in [5.74, 6) is 0.489. The molecule has 0 aliphatic heterocycles. The molecule has 0 aromatic heterocycles. The lowest BCUT2D eigenvalue weighted by atomic mass is 10.3. The fourth-order valence-electron chi connectivity index (χ4n) is 1.19. The van der Waals surface area contributed by atoms with Gasteiger partial charge < -0.3 is 5.11 Å². The van der Waals surface area contributed by atoms with E-state index >= 15 is 0 Å². The summed E-state index contributed by atoms with van der Waals surface area (Å²) in [4.78, 5) is 0.105. The lowest BCUT2D eigenvalue weighted by Gasteiger charge is -2.06. The maximum atomic E-state index is 11.7. The Bertz CT molecular complexity index is 482. The predicted molar refractivity (Wildman–Crippen MR) is 66.8 cm³/mol. The lowest BCUT2D eigenvalue weighted by molar-refractivity contribution is 0.474. The number of phenols is 1. The maximum absolute atomic E-state index is 11.7. The van der Waals surface area contributed by atoms with Crippen molar-refractivity contribution in [3.05, 3.63) is 24.3 Å². The summed E-state index contributed by atoms with van der Waals surface area (Å²) in [5, 5.41) is 9.05. The Hall–Kier alpha value is -0.920. The van der Waals surface area contributed by atoms with Crippen LogP contribution in [0, 0.1) is 0 Å². The zero-order valence-electron chi connectivity index (χ0n) is 9.42. The molecule has 96 valence electrons. The van der Waals surface area contributed by atoms with Crippen LogP contribution in [-0.4, -0.2) is 36.3 Å². The van der Waals surface area contributed by atoms with Gasteiger partial charge in [-0.05, 0) is 30.7 Å². The van der Waals surface area contributed by atoms with E-state index in [1.807, 2.05) is 0 Å². The number of hydrogen-bond acceptors (Lipinski definition) is 4. The molecule has 7 heteroatoms. The molecule has 0 fully saturated rings. The van der Waals surface area contributed by atoms with Gasteiger partial charge >= 0.3 is 0 Å². The fraction of sp³-hybridized carbons (Fsp3) is 0.400. The van der Waals surface area contributed by atoms with Crippen LogP contribution >= 0.6 is 0 Å². The summed E-state index contributed by atoms with van der Waals surface area (Å²) in [5.41, 5.74) is 0. The normalized spacial score (nSPS) is 13.5. The van der Waals surface area contributed by atoms with Gasteiger partial charge in [0.25, 0.3) is 0 Å². The number of aromatic hydroxyl groups is 1. The molecule has 0 saturated carbocycles. The number of rotatable bonds is 6. The third kappa shape index (κ3) is 4.84. The smallest absolute Gasteiger partial charge is 0.240 e. The van der Waals surface area contributed by atoms with Crippen LogP contribution in [0.25, 0.3) is 0 Å². The minimum Gasteiger partial charge on any atom is -0.508 e. The van der Waals surface area contributed by atoms with Crippen molar-refractivity contribution in [3.8, 4) is 5.75 Å². The molecule has 0 saturated heterocycles. The predicted octanol–water partition coefficient (Wildman–Crippen LogP) is 0.439. The summed E-state index contributed by atoms with van der Waals surface area (Å²) >= 11 is 0. The van der Waals surface area contributed by atoms with Crippen LogP contribution < -0.4 is 4.72 Å². The minimum atomic E-state index is -3.54. The van der Waals surface area contributed by atoms with Crippen molar-refractivity contribution in [2.75, 3.05) is 18.6 Å². The second-order valence-electron chi connectivity index (χ2n) is 3.52. The first-order valence-electron chi connectivity index (χ1n) is 5.00. The first-order valence-corrected chi connectivity index (χ1v) is 8.21. The second kappa shape index (κ2) is 6.13. The number of phenolic OH excluding ortho intramolecular Hbond substituents is 1. The Labute approximate surface area is 103 Å². The Morgan fingerprint density at radius 1 is 1.29 bits per heavy atom. The maximum Gasteiger partial charge on any atom is 0.240 e. The molecule has 1 aromatic rings. The molecule has 0 radical (unpaired) electrons. The first-order chi connectivity index (χ1) is 7.92. The van der Waals surface area contributed by atoms with Crippen molar-refractivity contribution in [2.24, 2.45) is 0 Å². The average Bonchev–Trinajstić information content (AvgIpc) is 2.25. The van der Waals surface area contributed by atoms with Gasteiger partial charge in [-0.3, -0.25) is 4.21 Å². The Balaban J connectivity index is 2.57. The number of sulfonamides is 1. The highest BCUT2D eigenvalue weighted by Gasteiger charge is 2.12. The quantitative estimate of drug-likeness (QED) is 0.739. The molecular formula is C10H15NO4S2. The SMILES string of the molecule is CS(=O)CCCNS(=O)(=O)c1ccc(O)cc1. The van der Waals surface area contributed by atoms with Gasteiger partial charge in [0.2, 0.25) is 10.0 Å². The Morgan fingerprint density at radius 2 is 1.88 bits per heavy atom. The molecule has 0 heterocycles. The molecule has 0 amide bonds. The van der Waals surface area contributed by atoms with Crippen LogP contribution in [-0.2, 0) is 20.8 Å². The molecule has 0 spiro atoms. The van der Waals surface area contributed by atoms with E-state index in [9.17, 15) is 12.6 Å². The fourth-order valence-corrected chi connectivity index (χ4v) is 2.82. The van der Waals surface area contributed by atoms with Crippen LogP contribution in [0.2, 0.25) is 0 Å². The van der Waals surface area contributed by atoms with Crippen molar-refractivity contribution in [1.29, 1.82) is 0 Å². The molecular weight excluding hydrogens is 262 g/mol. The highest BCUT2D eigenvalue weighted by molar-refractivity contribution is 7.89. The van der Waals surface area contributed by atoms with E-state index in [2.05, 4.69) is 4.72 Å². The molecule has 1 atom stereocenters. The van der Waals surface area contributed by atoms with E-state index in [0.29, 0.717) is 12.2 Å². The highest BCUT2D eigenvalue weighted by atomic mass is 32.2. The van der Waals surface area contributed by atoms with Gasteiger partial charge in [0.1, 0.15) is 5.75 Å². The monoisotopic (exact) mass is 277 g/mol. The Kier molecular flexibility index (Phi) is 5.10. The van der Waals surface area contributed by atoms with Gasteiger partial charge in [-0.15, -0.1) is 0 Å². The summed E-state index contributed by atoms with van der Waals surface area (Å²) < 4.78 is 36.6. The van der Waals surface area contributed by atoms with Crippen LogP contribution in [0.1, 0.15) is 6.42 Å². The third-order valence-corrected chi connectivity index (χ3v) is 4.39. The number of nitrogens with one attached hydrogen (secondary N) is 1. The molecule has 0 aliphatic rings. The van der Waals surface area contributed by atoms with Gasteiger partial charge in [-0.25, -0.2) is 13.1 Å². The molecule has 0 aliphatic carbocycles. The van der Waals surface area contributed by atoms with E-state index in [1.54, 1.807) is 6.26 Å². The number of benzene rings is 1. The average molecular weight is 277 g/mol. The van der Waals surface area contributed by atoms with Crippen molar-refractivity contribution >= 4 is 20.8 Å². The van der Waals surface area contributed by atoms with Crippen molar-refractivity contribution < 1.29 is 17.7 Å². The lowest BCUT2D eigenvalue weighted by Crippen LogP contribution is -2.25. The van der Waals surface area contributed by atoms with Crippen LogP contribution in [0.4, 0.5) is 0 Å². The topological polar surface area (TPSA) is 83.5 Å².